The van der Waals surface area contributed by atoms with E-state index in [0.717, 1.165) is 5.56 Å². The summed E-state index contributed by atoms with van der Waals surface area (Å²) in [7, 11) is -3.67. The maximum absolute atomic E-state index is 12.3. The van der Waals surface area contributed by atoms with Crippen molar-refractivity contribution < 1.29 is 13.5 Å². The first kappa shape index (κ1) is 15.9. The smallest absolute Gasteiger partial charge is 0.242 e. The van der Waals surface area contributed by atoms with Gasteiger partial charge in [0.15, 0.2) is 0 Å². The second-order valence-electron chi connectivity index (χ2n) is 5.57. The summed E-state index contributed by atoms with van der Waals surface area (Å²) in [6.07, 6.45) is 0. The molecule has 0 fully saturated rings. The van der Waals surface area contributed by atoms with Gasteiger partial charge in [-0.15, -0.1) is 0 Å². The van der Waals surface area contributed by atoms with Crippen molar-refractivity contribution in [1.29, 1.82) is 0 Å². The van der Waals surface area contributed by atoms with Gasteiger partial charge in [-0.05, 0) is 31.0 Å². The van der Waals surface area contributed by atoms with E-state index in [1.807, 2.05) is 6.92 Å². The van der Waals surface area contributed by atoms with Gasteiger partial charge in [0.25, 0.3) is 0 Å². The van der Waals surface area contributed by atoms with E-state index in [0.29, 0.717) is 5.56 Å². The van der Waals surface area contributed by atoms with Gasteiger partial charge in [0, 0.05) is 18.6 Å². The maximum Gasteiger partial charge on any atom is 0.242 e. The van der Waals surface area contributed by atoms with Gasteiger partial charge in [0.1, 0.15) is 4.90 Å². The summed E-state index contributed by atoms with van der Waals surface area (Å²) in [5.41, 5.74) is 7.02. The van der Waals surface area contributed by atoms with E-state index in [4.69, 9.17) is 10.8 Å². The number of aliphatic hydroxyl groups is 1. The first-order valence-electron chi connectivity index (χ1n) is 6.07. The number of sulfonamides is 1. The van der Waals surface area contributed by atoms with Gasteiger partial charge < -0.3 is 10.8 Å². The largest absolute Gasteiger partial charge is 0.398 e. The summed E-state index contributed by atoms with van der Waals surface area (Å²) < 4.78 is 27.1. The van der Waals surface area contributed by atoms with Crippen LogP contribution in [-0.4, -0.2) is 26.7 Å². The van der Waals surface area contributed by atoms with Crippen molar-refractivity contribution in [2.75, 3.05) is 18.9 Å². The Morgan fingerprint density at radius 2 is 1.89 bits per heavy atom. The van der Waals surface area contributed by atoms with E-state index in [2.05, 4.69) is 4.72 Å². The second-order valence-corrected chi connectivity index (χ2v) is 7.28. The Morgan fingerprint density at radius 1 is 1.32 bits per heavy atom. The molecule has 1 rings (SSSR count). The van der Waals surface area contributed by atoms with E-state index >= 15 is 0 Å². The quantitative estimate of drug-likeness (QED) is 0.709. The van der Waals surface area contributed by atoms with Crippen LogP contribution in [0.3, 0.4) is 0 Å². The zero-order chi connectivity index (χ0) is 14.8. The van der Waals surface area contributed by atoms with E-state index in [1.54, 1.807) is 32.9 Å². The van der Waals surface area contributed by atoms with Crippen LogP contribution in [0, 0.1) is 19.3 Å². The van der Waals surface area contributed by atoms with Crippen molar-refractivity contribution >= 4 is 15.7 Å². The number of benzene rings is 1. The monoisotopic (exact) mass is 286 g/mol. The van der Waals surface area contributed by atoms with Crippen LogP contribution >= 0.6 is 0 Å². The SMILES string of the molecule is Cc1ccc(N)c(S(=O)(=O)NCC(C)(C)CO)c1C. The summed E-state index contributed by atoms with van der Waals surface area (Å²) in [5, 5.41) is 9.16. The van der Waals surface area contributed by atoms with Crippen molar-refractivity contribution in [3.8, 4) is 0 Å². The average molecular weight is 286 g/mol. The molecule has 0 unspecified atom stereocenters. The fourth-order valence-electron chi connectivity index (χ4n) is 1.59. The van der Waals surface area contributed by atoms with Gasteiger partial charge in [-0.25, -0.2) is 13.1 Å². The van der Waals surface area contributed by atoms with Crippen LogP contribution in [0.15, 0.2) is 17.0 Å². The molecular weight excluding hydrogens is 264 g/mol. The van der Waals surface area contributed by atoms with Crippen LogP contribution in [0.4, 0.5) is 5.69 Å². The lowest BCUT2D eigenvalue weighted by molar-refractivity contribution is 0.163. The van der Waals surface area contributed by atoms with Crippen LogP contribution in [0.5, 0.6) is 0 Å². The number of nitrogens with two attached hydrogens (primary N) is 1. The Labute approximate surface area is 114 Å². The molecular formula is C13H22N2O3S. The van der Waals surface area contributed by atoms with Gasteiger partial charge in [0.05, 0.1) is 5.69 Å². The van der Waals surface area contributed by atoms with Crippen molar-refractivity contribution in [2.24, 2.45) is 5.41 Å². The van der Waals surface area contributed by atoms with Crippen molar-refractivity contribution in [3.63, 3.8) is 0 Å². The zero-order valence-corrected chi connectivity index (χ0v) is 12.6. The topological polar surface area (TPSA) is 92.4 Å². The predicted octanol–water partition coefficient (Wildman–Crippen LogP) is 1.18. The number of rotatable bonds is 5. The van der Waals surface area contributed by atoms with Crippen LogP contribution in [0.1, 0.15) is 25.0 Å². The molecule has 0 amide bonds. The normalized spacial score (nSPS) is 12.7. The lowest BCUT2D eigenvalue weighted by atomic mass is 9.96. The average Bonchev–Trinajstić information content (AvgIpc) is 2.32. The minimum Gasteiger partial charge on any atom is -0.398 e. The maximum atomic E-state index is 12.3. The van der Waals surface area contributed by atoms with E-state index in [1.165, 1.54) is 0 Å². The number of anilines is 1. The van der Waals surface area contributed by atoms with Crippen LogP contribution in [0.25, 0.3) is 0 Å². The van der Waals surface area contributed by atoms with Gasteiger partial charge >= 0.3 is 0 Å². The molecule has 4 N–H and O–H groups in total. The van der Waals surface area contributed by atoms with Crippen molar-refractivity contribution in [2.45, 2.75) is 32.6 Å². The molecule has 0 saturated carbocycles. The highest BCUT2D eigenvalue weighted by Gasteiger charge is 2.25. The molecule has 0 radical (unpaired) electrons. The van der Waals surface area contributed by atoms with E-state index in [9.17, 15) is 8.42 Å². The zero-order valence-electron chi connectivity index (χ0n) is 11.8. The highest BCUT2D eigenvalue weighted by atomic mass is 32.2. The minimum atomic E-state index is -3.67. The molecule has 0 spiro atoms. The summed E-state index contributed by atoms with van der Waals surface area (Å²) in [5.74, 6) is 0. The predicted molar refractivity (Wildman–Crippen MR) is 76.4 cm³/mol. The van der Waals surface area contributed by atoms with Gasteiger partial charge in [-0.1, -0.05) is 19.9 Å². The van der Waals surface area contributed by atoms with Crippen LogP contribution < -0.4 is 10.5 Å². The van der Waals surface area contributed by atoms with Crippen LogP contribution in [-0.2, 0) is 10.0 Å². The third kappa shape index (κ3) is 3.68. The highest BCUT2D eigenvalue weighted by Crippen LogP contribution is 2.25. The number of nitrogens with one attached hydrogen (secondary N) is 1. The molecule has 0 atom stereocenters. The molecule has 0 saturated heterocycles. The molecule has 0 aromatic heterocycles. The lowest BCUT2D eigenvalue weighted by Gasteiger charge is -2.22. The summed E-state index contributed by atoms with van der Waals surface area (Å²) in [6.45, 7) is 7.18. The van der Waals surface area contributed by atoms with Crippen LogP contribution in [0.2, 0.25) is 0 Å². The third-order valence-corrected chi connectivity index (χ3v) is 4.75. The standard InChI is InChI=1S/C13H22N2O3S/c1-9-5-6-11(14)12(10(9)2)19(17,18)15-7-13(3,4)8-16/h5-6,15-16H,7-8,14H2,1-4H3. The molecule has 0 aliphatic rings. The van der Waals surface area contributed by atoms with Crippen molar-refractivity contribution in [1.82, 2.24) is 4.72 Å². The molecule has 0 aliphatic carbocycles. The molecule has 6 heteroatoms. The third-order valence-electron chi connectivity index (χ3n) is 3.14. The number of hydrogen-bond acceptors (Lipinski definition) is 4. The number of hydrogen-bond donors (Lipinski definition) is 3. The van der Waals surface area contributed by atoms with Gasteiger partial charge in [-0.2, -0.15) is 0 Å². The van der Waals surface area contributed by atoms with Gasteiger partial charge in [0.2, 0.25) is 10.0 Å². The Hall–Kier alpha value is -1.11. The first-order valence-corrected chi connectivity index (χ1v) is 7.55. The molecule has 0 aliphatic heterocycles. The molecule has 108 valence electrons. The van der Waals surface area contributed by atoms with Gasteiger partial charge in [-0.3, -0.25) is 0 Å². The molecule has 0 heterocycles. The Morgan fingerprint density at radius 3 is 2.42 bits per heavy atom. The second kappa shape index (κ2) is 5.48. The molecule has 5 nitrogen and oxygen atoms in total. The highest BCUT2D eigenvalue weighted by molar-refractivity contribution is 7.89. The number of aliphatic hydroxyl groups excluding tert-OH is 1. The lowest BCUT2D eigenvalue weighted by Crippen LogP contribution is -2.36. The Balaban J connectivity index is 3.12. The Bertz CT molecular complexity index is 565. The van der Waals surface area contributed by atoms with Crippen molar-refractivity contribution in [3.05, 3.63) is 23.3 Å². The summed E-state index contributed by atoms with van der Waals surface area (Å²) in [4.78, 5) is 0.126. The Kier molecular flexibility index (Phi) is 4.60. The van der Waals surface area contributed by atoms with E-state index in [-0.39, 0.29) is 23.7 Å². The fourth-order valence-corrected chi connectivity index (χ4v) is 3.25. The summed E-state index contributed by atoms with van der Waals surface area (Å²) >= 11 is 0. The minimum absolute atomic E-state index is 0.0994. The van der Waals surface area contributed by atoms with E-state index < -0.39 is 15.4 Å². The molecule has 1 aromatic rings. The fraction of sp³-hybridized carbons (Fsp3) is 0.538. The molecule has 0 bridgehead atoms. The molecule has 19 heavy (non-hydrogen) atoms. The molecule has 1 aromatic carbocycles. The number of aryl methyl sites for hydroxylation is 1. The first-order chi connectivity index (χ1) is 8.60. The summed E-state index contributed by atoms with van der Waals surface area (Å²) in [6, 6.07) is 3.38. The number of nitrogen functional groups attached to an aromatic ring is 1.